The van der Waals surface area contributed by atoms with Gasteiger partial charge in [0.25, 0.3) is 6.02 Å². The number of hydrogen-bond acceptors (Lipinski definition) is 6. The predicted molar refractivity (Wildman–Crippen MR) is 62.5 cm³/mol. The zero-order chi connectivity index (χ0) is 12.7. The third kappa shape index (κ3) is 1.79. The molecule has 3 aliphatic heterocycles. The average Bonchev–Trinajstić information content (AvgIpc) is 2.64. The normalized spacial score (nSPS) is 39.6. The third-order valence-corrected chi connectivity index (χ3v) is 3.76. The van der Waals surface area contributed by atoms with Crippen molar-refractivity contribution in [3.63, 3.8) is 0 Å². The molecule has 7 heteroatoms. The number of nitrogens with one attached hydrogen (secondary N) is 1. The maximum Gasteiger partial charge on any atom is 0.294 e. The van der Waals surface area contributed by atoms with Gasteiger partial charge in [-0.1, -0.05) is 0 Å². The van der Waals surface area contributed by atoms with Crippen molar-refractivity contribution in [1.29, 1.82) is 5.41 Å². The van der Waals surface area contributed by atoms with Gasteiger partial charge < -0.3 is 24.6 Å². The molecule has 0 spiro atoms. The highest BCUT2D eigenvalue weighted by Gasteiger charge is 2.48. The van der Waals surface area contributed by atoms with Crippen LogP contribution in [-0.4, -0.2) is 71.6 Å². The van der Waals surface area contributed by atoms with Gasteiger partial charge in [0.05, 0.1) is 25.9 Å². The number of rotatable bonds is 1. The van der Waals surface area contributed by atoms with Crippen molar-refractivity contribution in [3.8, 4) is 0 Å². The summed E-state index contributed by atoms with van der Waals surface area (Å²) in [5.41, 5.74) is 0. The van der Waals surface area contributed by atoms with Crippen LogP contribution in [0, 0.1) is 11.3 Å². The minimum atomic E-state index is -0.773. The summed E-state index contributed by atoms with van der Waals surface area (Å²) in [5, 5.41) is 27.0. The van der Waals surface area contributed by atoms with E-state index in [9.17, 15) is 10.2 Å². The van der Waals surface area contributed by atoms with E-state index >= 15 is 0 Å². The quantitative estimate of drug-likeness (QED) is 0.546. The summed E-state index contributed by atoms with van der Waals surface area (Å²) in [5.74, 6) is -0.0340. The molecule has 2 fully saturated rings. The van der Waals surface area contributed by atoms with E-state index in [1.54, 1.807) is 0 Å². The Bertz CT molecular complexity index is 386. The predicted octanol–water partition coefficient (Wildman–Crippen LogP) is -1.21. The fraction of sp³-hybridized carbons (Fsp3) is 0.818. The van der Waals surface area contributed by atoms with Crippen molar-refractivity contribution < 1.29 is 19.7 Å². The van der Waals surface area contributed by atoms with Crippen molar-refractivity contribution in [1.82, 2.24) is 4.90 Å². The molecule has 0 aromatic heterocycles. The SMILES string of the molecule is N=C1CCN2C(=N1)OC1[C@@H](O)[C@@H](CO)COC[C@@H]12. The van der Waals surface area contributed by atoms with Crippen LogP contribution < -0.4 is 0 Å². The molecule has 0 aliphatic carbocycles. The van der Waals surface area contributed by atoms with Crippen LogP contribution in [0.5, 0.6) is 0 Å². The Morgan fingerprint density at radius 2 is 2.28 bits per heavy atom. The number of aliphatic imine (C=N–C) groups is 1. The highest BCUT2D eigenvalue weighted by Crippen LogP contribution is 2.30. The number of nitrogens with zero attached hydrogens (tertiary/aromatic N) is 2. The molecule has 18 heavy (non-hydrogen) atoms. The summed E-state index contributed by atoms with van der Waals surface area (Å²) in [6, 6.07) is 0.325. The van der Waals surface area contributed by atoms with Crippen molar-refractivity contribution >= 4 is 11.9 Å². The molecule has 0 amide bonds. The first-order valence-electron chi connectivity index (χ1n) is 6.17. The van der Waals surface area contributed by atoms with E-state index in [4.69, 9.17) is 14.9 Å². The monoisotopic (exact) mass is 255 g/mol. The van der Waals surface area contributed by atoms with Gasteiger partial charge in [-0.25, -0.2) is 0 Å². The van der Waals surface area contributed by atoms with E-state index in [0.717, 1.165) is 0 Å². The van der Waals surface area contributed by atoms with Gasteiger partial charge in [0.1, 0.15) is 11.9 Å². The second-order valence-electron chi connectivity index (χ2n) is 4.90. The minimum absolute atomic E-state index is 0.0802. The molecule has 3 heterocycles. The summed E-state index contributed by atoms with van der Waals surface area (Å²) in [6.45, 7) is 1.32. The number of fused-ring (bicyclic) bond motifs is 3. The van der Waals surface area contributed by atoms with Crippen LogP contribution in [0.25, 0.3) is 0 Å². The third-order valence-electron chi connectivity index (χ3n) is 3.76. The molecule has 0 radical (unpaired) electrons. The van der Waals surface area contributed by atoms with Crippen molar-refractivity contribution in [2.45, 2.75) is 24.7 Å². The molecule has 0 aromatic carbocycles. The van der Waals surface area contributed by atoms with Crippen molar-refractivity contribution in [3.05, 3.63) is 0 Å². The number of amidine groups is 2. The smallest absolute Gasteiger partial charge is 0.294 e. The first-order valence-corrected chi connectivity index (χ1v) is 6.17. The van der Waals surface area contributed by atoms with Crippen LogP contribution in [-0.2, 0) is 9.47 Å². The molecule has 3 rings (SSSR count). The Hall–Kier alpha value is -1.18. The molecule has 0 aromatic rings. The molecule has 1 unspecified atom stereocenters. The standard InChI is InChI=1S/C11H17N3O4/c12-8-1-2-14-7-5-17-4-6(3-15)9(16)10(7)18-11(14)13-8/h6-7,9-10,12,15-16H,1-5H2/t6-,7-,9-,10?/m0/s1. The van der Waals surface area contributed by atoms with Gasteiger partial charge in [-0.15, -0.1) is 0 Å². The molecular formula is C11H17N3O4. The zero-order valence-electron chi connectivity index (χ0n) is 9.95. The number of aliphatic hydroxyl groups is 2. The summed E-state index contributed by atoms with van der Waals surface area (Å²) in [7, 11) is 0. The first kappa shape index (κ1) is 11.9. The van der Waals surface area contributed by atoms with E-state index < -0.39 is 12.2 Å². The molecule has 2 saturated heterocycles. The van der Waals surface area contributed by atoms with E-state index in [0.29, 0.717) is 38.0 Å². The van der Waals surface area contributed by atoms with Gasteiger partial charge in [-0.2, -0.15) is 4.99 Å². The largest absolute Gasteiger partial charge is 0.456 e. The lowest BCUT2D eigenvalue weighted by atomic mass is 9.96. The molecule has 100 valence electrons. The van der Waals surface area contributed by atoms with Crippen molar-refractivity contribution in [2.75, 3.05) is 26.4 Å². The van der Waals surface area contributed by atoms with Crippen LogP contribution in [0.1, 0.15) is 6.42 Å². The number of ether oxygens (including phenoxy) is 2. The van der Waals surface area contributed by atoms with Gasteiger partial charge >= 0.3 is 0 Å². The molecule has 4 atom stereocenters. The molecular weight excluding hydrogens is 238 g/mol. The fourth-order valence-corrected chi connectivity index (χ4v) is 2.69. The van der Waals surface area contributed by atoms with Gasteiger partial charge in [-0.05, 0) is 0 Å². The average molecular weight is 255 g/mol. The lowest BCUT2D eigenvalue weighted by Crippen LogP contribution is -2.46. The summed E-state index contributed by atoms with van der Waals surface area (Å²) < 4.78 is 11.2. The van der Waals surface area contributed by atoms with Gasteiger partial charge in [0, 0.05) is 18.9 Å². The Morgan fingerprint density at radius 3 is 3.06 bits per heavy atom. The number of hydrogen-bond donors (Lipinski definition) is 3. The topological polar surface area (TPSA) is 98.4 Å². The van der Waals surface area contributed by atoms with Crippen LogP contribution in [0.4, 0.5) is 0 Å². The molecule has 3 aliphatic rings. The minimum Gasteiger partial charge on any atom is -0.456 e. The highest BCUT2D eigenvalue weighted by atomic mass is 16.5. The molecule has 0 bridgehead atoms. The lowest BCUT2D eigenvalue weighted by molar-refractivity contribution is -0.0212. The second-order valence-corrected chi connectivity index (χ2v) is 4.90. The summed E-state index contributed by atoms with van der Waals surface area (Å²) >= 11 is 0. The zero-order valence-corrected chi connectivity index (χ0v) is 9.95. The first-order chi connectivity index (χ1) is 8.70. The van der Waals surface area contributed by atoms with Crippen LogP contribution in [0.15, 0.2) is 4.99 Å². The fourth-order valence-electron chi connectivity index (χ4n) is 2.69. The summed E-state index contributed by atoms with van der Waals surface area (Å²) in [6.07, 6.45) is -0.630. The Morgan fingerprint density at radius 1 is 1.44 bits per heavy atom. The van der Waals surface area contributed by atoms with Gasteiger partial charge in [-0.3, -0.25) is 5.41 Å². The van der Waals surface area contributed by atoms with Gasteiger partial charge in [0.2, 0.25) is 0 Å². The van der Waals surface area contributed by atoms with E-state index in [-0.39, 0.29) is 18.6 Å². The maximum atomic E-state index is 10.2. The molecule has 7 nitrogen and oxygen atoms in total. The summed E-state index contributed by atoms with van der Waals surface area (Å²) in [4.78, 5) is 6.01. The Labute approximate surface area is 105 Å². The van der Waals surface area contributed by atoms with Crippen LogP contribution in [0.2, 0.25) is 0 Å². The van der Waals surface area contributed by atoms with E-state index in [1.807, 2.05) is 4.90 Å². The Kier molecular flexibility index (Phi) is 2.96. The van der Waals surface area contributed by atoms with Crippen molar-refractivity contribution in [2.24, 2.45) is 10.9 Å². The highest BCUT2D eigenvalue weighted by molar-refractivity contribution is 5.95. The maximum absolute atomic E-state index is 10.2. The number of aliphatic hydroxyl groups excluding tert-OH is 2. The molecule has 0 saturated carbocycles. The van der Waals surface area contributed by atoms with Crippen LogP contribution >= 0.6 is 0 Å². The van der Waals surface area contributed by atoms with Crippen LogP contribution in [0.3, 0.4) is 0 Å². The van der Waals surface area contributed by atoms with E-state index in [2.05, 4.69) is 4.99 Å². The van der Waals surface area contributed by atoms with Gasteiger partial charge in [0.15, 0.2) is 6.10 Å². The van der Waals surface area contributed by atoms with E-state index in [1.165, 1.54) is 0 Å². The Balaban J connectivity index is 1.86. The molecule has 3 N–H and O–H groups in total. The second kappa shape index (κ2) is 4.49. The lowest BCUT2D eigenvalue weighted by Gasteiger charge is -2.26.